The lowest BCUT2D eigenvalue weighted by Gasteiger charge is -2.15. The predicted octanol–water partition coefficient (Wildman–Crippen LogP) is 4.78. The average Bonchev–Trinajstić information content (AvgIpc) is 2.93. The zero-order valence-electron chi connectivity index (χ0n) is 9.52. The van der Waals surface area contributed by atoms with Crippen molar-refractivity contribution in [1.82, 2.24) is 0 Å². The molecule has 0 aromatic carbocycles. The molecule has 0 heteroatoms. The van der Waals surface area contributed by atoms with Gasteiger partial charge in [0.2, 0.25) is 0 Å². The van der Waals surface area contributed by atoms with Crippen molar-refractivity contribution in [2.24, 2.45) is 11.8 Å². The second-order valence-corrected chi connectivity index (χ2v) is 4.82. The van der Waals surface area contributed by atoms with Gasteiger partial charge in [0.15, 0.2) is 0 Å². The van der Waals surface area contributed by atoms with Crippen LogP contribution < -0.4 is 0 Å². The second-order valence-electron chi connectivity index (χ2n) is 4.82. The Bertz CT molecular complexity index is 113. The van der Waals surface area contributed by atoms with Crippen molar-refractivity contribution in [1.29, 1.82) is 0 Å². The summed E-state index contributed by atoms with van der Waals surface area (Å²) in [7, 11) is 0. The minimum absolute atomic E-state index is 1.06. The molecule has 1 unspecified atom stereocenters. The Balaban J connectivity index is 2.03. The van der Waals surface area contributed by atoms with Crippen molar-refractivity contribution in [2.75, 3.05) is 0 Å². The molecule has 0 spiro atoms. The molecule has 0 saturated heterocycles. The van der Waals surface area contributed by atoms with Crippen molar-refractivity contribution in [3.05, 3.63) is 0 Å². The molecule has 13 heavy (non-hydrogen) atoms. The third-order valence-electron chi connectivity index (χ3n) is 3.34. The summed E-state index contributed by atoms with van der Waals surface area (Å²) in [5, 5.41) is 0. The standard InChI is InChI=1S/C13H26/c1-3-5-7-12(6-4-2)8-9-13-10-11-13/h12-13H,3-11H2,1-2H3. The van der Waals surface area contributed by atoms with E-state index >= 15 is 0 Å². The van der Waals surface area contributed by atoms with Gasteiger partial charge in [-0.3, -0.25) is 0 Å². The van der Waals surface area contributed by atoms with E-state index in [-0.39, 0.29) is 0 Å². The van der Waals surface area contributed by atoms with Crippen LogP contribution in [0.3, 0.4) is 0 Å². The Hall–Kier alpha value is 0. The first kappa shape index (κ1) is 11.1. The largest absolute Gasteiger partial charge is 0.0654 e. The summed E-state index contributed by atoms with van der Waals surface area (Å²) in [6.07, 6.45) is 13.3. The van der Waals surface area contributed by atoms with Gasteiger partial charge in [-0.2, -0.15) is 0 Å². The van der Waals surface area contributed by atoms with E-state index in [4.69, 9.17) is 0 Å². The SMILES string of the molecule is CCCCC(CCC)CCC1CC1. The van der Waals surface area contributed by atoms with E-state index in [1.54, 1.807) is 0 Å². The minimum Gasteiger partial charge on any atom is -0.0654 e. The van der Waals surface area contributed by atoms with Crippen LogP contribution >= 0.6 is 0 Å². The van der Waals surface area contributed by atoms with E-state index in [1.165, 1.54) is 57.8 Å². The Morgan fingerprint density at radius 3 is 2.31 bits per heavy atom. The lowest BCUT2D eigenvalue weighted by atomic mass is 9.91. The van der Waals surface area contributed by atoms with E-state index in [0.29, 0.717) is 0 Å². The third-order valence-corrected chi connectivity index (χ3v) is 3.34. The fourth-order valence-electron chi connectivity index (χ4n) is 2.21. The van der Waals surface area contributed by atoms with E-state index < -0.39 is 0 Å². The molecule has 1 saturated carbocycles. The van der Waals surface area contributed by atoms with Crippen LogP contribution in [0.2, 0.25) is 0 Å². The molecule has 0 bridgehead atoms. The third kappa shape index (κ3) is 5.33. The highest BCUT2D eigenvalue weighted by molar-refractivity contribution is 4.74. The molecule has 0 N–H and O–H groups in total. The lowest BCUT2D eigenvalue weighted by Crippen LogP contribution is -2.00. The molecule has 0 aromatic rings. The van der Waals surface area contributed by atoms with Crippen LogP contribution in [0.4, 0.5) is 0 Å². The number of unbranched alkanes of at least 4 members (excludes halogenated alkanes) is 1. The number of rotatable bonds is 8. The van der Waals surface area contributed by atoms with E-state index in [2.05, 4.69) is 13.8 Å². The Morgan fingerprint density at radius 1 is 1.00 bits per heavy atom. The summed E-state index contributed by atoms with van der Waals surface area (Å²) in [5.74, 6) is 2.20. The Labute approximate surface area is 84.1 Å². The summed E-state index contributed by atoms with van der Waals surface area (Å²) in [5.41, 5.74) is 0. The maximum absolute atomic E-state index is 2.33. The predicted molar refractivity (Wildman–Crippen MR) is 59.9 cm³/mol. The van der Waals surface area contributed by atoms with Crippen LogP contribution in [-0.2, 0) is 0 Å². The molecule has 0 nitrogen and oxygen atoms in total. The van der Waals surface area contributed by atoms with Gasteiger partial charge in [-0.1, -0.05) is 71.6 Å². The summed E-state index contributed by atoms with van der Waals surface area (Å²) in [6.45, 7) is 4.64. The summed E-state index contributed by atoms with van der Waals surface area (Å²) >= 11 is 0. The molecule has 1 aliphatic carbocycles. The molecule has 78 valence electrons. The van der Waals surface area contributed by atoms with Crippen LogP contribution in [0, 0.1) is 11.8 Å². The number of hydrogen-bond donors (Lipinski definition) is 0. The highest BCUT2D eigenvalue weighted by Gasteiger charge is 2.21. The van der Waals surface area contributed by atoms with Gasteiger partial charge in [0.1, 0.15) is 0 Å². The first-order chi connectivity index (χ1) is 6.36. The first-order valence-electron chi connectivity index (χ1n) is 6.36. The van der Waals surface area contributed by atoms with Gasteiger partial charge in [-0.15, -0.1) is 0 Å². The van der Waals surface area contributed by atoms with Gasteiger partial charge in [-0.05, 0) is 11.8 Å². The fraction of sp³-hybridized carbons (Fsp3) is 1.00. The van der Waals surface area contributed by atoms with Crippen LogP contribution in [0.5, 0.6) is 0 Å². The smallest absolute Gasteiger partial charge is 0.0414 e. The molecular formula is C13H26. The molecule has 1 atom stereocenters. The topological polar surface area (TPSA) is 0 Å². The summed E-state index contributed by atoms with van der Waals surface area (Å²) in [6, 6.07) is 0. The van der Waals surface area contributed by atoms with Gasteiger partial charge in [0.05, 0.1) is 0 Å². The van der Waals surface area contributed by atoms with Crippen molar-refractivity contribution < 1.29 is 0 Å². The van der Waals surface area contributed by atoms with E-state index in [1.807, 2.05) is 0 Å². The molecule has 1 fully saturated rings. The minimum atomic E-state index is 1.06. The fourth-order valence-corrected chi connectivity index (χ4v) is 2.21. The Morgan fingerprint density at radius 2 is 1.77 bits per heavy atom. The Kier molecular flexibility index (Phi) is 5.50. The maximum atomic E-state index is 2.33. The van der Waals surface area contributed by atoms with Gasteiger partial charge in [-0.25, -0.2) is 0 Å². The van der Waals surface area contributed by atoms with E-state index in [9.17, 15) is 0 Å². The van der Waals surface area contributed by atoms with Crippen molar-refractivity contribution >= 4 is 0 Å². The number of hydrogen-bond acceptors (Lipinski definition) is 0. The van der Waals surface area contributed by atoms with Crippen molar-refractivity contribution in [2.45, 2.75) is 71.6 Å². The normalized spacial score (nSPS) is 18.9. The zero-order valence-corrected chi connectivity index (χ0v) is 9.52. The lowest BCUT2D eigenvalue weighted by molar-refractivity contribution is 0.383. The monoisotopic (exact) mass is 182 g/mol. The maximum Gasteiger partial charge on any atom is -0.0414 e. The molecule has 1 aliphatic rings. The summed E-state index contributed by atoms with van der Waals surface area (Å²) < 4.78 is 0. The van der Waals surface area contributed by atoms with Gasteiger partial charge in [0, 0.05) is 0 Å². The molecule has 0 aromatic heterocycles. The zero-order chi connectivity index (χ0) is 9.52. The van der Waals surface area contributed by atoms with Gasteiger partial charge < -0.3 is 0 Å². The molecule has 0 heterocycles. The van der Waals surface area contributed by atoms with E-state index in [0.717, 1.165) is 11.8 Å². The second kappa shape index (κ2) is 6.45. The van der Waals surface area contributed by atoms with Crippen LogP contribution in [0.1, 0.15) is 71.6 Å². The first-order valence-corrected chi connectivity index (χ1v) is 6.36. The quantitative estimate of drug-likeness (QED) is 0.506. The molecule has 0 radical (unpaired) electrons. The van der Waals surface area contributed by atoms with Crippen LogP contribution in [0.15, 0.2) is 0 Å². The van der Waals surface area contributed by atoms with Crippen LogP contribution in [0.25, 0.3) is 0 Å². The highest BCUT2D eigenvalue weighted by Crippen LogP contribution is 2.36. The molecule has 0 amide bonds. The summed E-state index contributed by atoms with van der Waals surface area (Å²) in [4.78, 5) is 0. The van der Waals surface area contributed by atoms with Gasteiger partial charge >= 0.3 is 0 Å². The van der Waals surface area contributed by atoms with Crippen molar-refractivity contribution in [3.8, 4) is 0 Å². The van der Waals surface area contributed by atoms with Gasteiger partial charge in [0.25, 0.3) is 0 Å². The average molecular weight is 182 g/mol. The van der Waals surface area contributed by atoms with Crippen molar-refractivity contribution in [3.63, 3.8) is 0 Å². The highest BCUT2D eigenvalue weighted by atomic mass is 14.3. The van der Waals surface area contributed by atoms with Crippen LogP contribution in [-0.4, -0.2) is 0 Å². The molecule has 0 aliphatic heterocycles. The molecule has 1 rings (SSSR count). The molecular weight excluding hydrogens is 156 g/mol.